The van der Waals surface area contributed by atoms with Crippen LogP contribution in [0.15, 0.2) is 48.5 Å². The van der Waals surface area contributed by atoms with E-state index >= 15 is 0 Å². The SMILES string of the molecule is CC[C@H]1CCCCN1C(=O)COC(=O)c1c2c(nc3ccccc13)/C(=C\c1ccc(C)cc1)CCC2. The predicted molar refractivity (Wildman–Crippen MR) is 144 cm³/mol. The molecule has 2 aromatic carbocycles. The van der Waals surface area contributed by atoms with Gasteiger partial charge in [-0.3, -0.25) is 4.79 Å². The van der Waals surface area contributed by atoms with Crippen molar-refractivity contribution < 1.29 is 14.3 Å². The van der Waals surface area contributed by atoms with Crippen LogP contribution in [0.1, 0.15) is 78.2 Å². The van der Waals surface area contributed by atoms with Gasteiger partial charge in [0.15, 0.2) is 6.61 Å². The first-order chi connectivity index (χ1) is 17.5. The molecule has 5 nitrogen and oxygen atoms in total. The van der Waals surface area contributed by atoms with Gasteiger partial charge in [0.2, 0.25) is 0 Å². The molecule has 5 heteroatoms. The molecule has 1 aromatic heterocycles. The van der Waals surface area contributed by atoms with E-state index in [1.54, 1.807) is 0 Å². The van der Waals surface area contributed by atoms with Gasteiger partial charge >= 0.3 is 5.97 Å². The normalized spacial score (nSPS) is 18.8. The summed E-state index contributed by atoms with van der Waals surface area (Å²) in [4.78, 5) is 33.4. The van der Waals surface area contributed by atoms with Gasteiger partial charge in [-0.1, -0.05) is 55.0 Å². The van der Waals surface area contributed by atoms with Gasteiger partial charge < -0.3 is 9.64 Å². The van der Waals surface area contributed by atoms with Crippen molar-refractivity contribution in [3.05, 3.63) is 76.5 Å². The number of rotatable bonds is 5. The Kier molecular flexibility index (Phi) is 7.17. The minimum atomic E-state index is -0.431. The maximum absolute atomic E-state index is 13.5. The average Bonchev–Trinajstić information content (AvgIpc) is 2.91. The second-order valence-electron chi connectivity index (χ2n) is 9.99. The van der Waals surface area contributed by atoms with Crippen LogP contribution in [0.4, 0.5) is 0 Å². The molecule has 1 amide bonds. The monoisotopic (exact) mass is 482 g/mol. The molecule has 2 heterocycles. The Hall–Kier alpha value is -3.47. The number of nitrogens with zero attached hydrogens (tertiary/aromatic N) is 2. The van der Waals surface area contributed by atoms with E-state index in [1.807, 2.05) is 29.2 Å². The number of benzene rings is 2. The summed E-state index contributed by atoms with van der Waals surface area (Å²) in [6.07, 6.45) is 8.90. The van der Waals surface area contributed by atoms with Crippen LogP contribution in [0.5, 0.6) is 0 Å². The van der Waals surface area contributed by atoms with Crippen LogP contribution >= 0.6 is 0 Å². The lowest BCUT2D eigenvalue weighted by atomic mass is 9.86. The van der Waals surface area contributed by atoms with E-state index in [9.17, 15) is 9.59 Å². The number of esters is 1. The summed E-state index contributed by atoms with van der Waals surface area (Å²) >= 11 is 0. The second kappa shape index (κ2) is 10.7. The topological polar surface area (TPSA) is 59.5 Å². The molecular weight excluding hydrogens is 448 g/mol. The molecule has 2 aliphatic rings. The van der Waals surface area contributed by atoms with E-state index in [1.165, 1.54) is 5.56 Å². The molecule has 0 bridgehead atoms. The molecule has 0 radical (unpaired) electrons. The highest BCUT2D eigenvalue weighted by atomic mass is 16.5. The highest BCUT2D eigenvalue weighted by molar-refractivity contribution is 6.07. The van der Waals surface area contributed by atoms with Crippen LogP contribution in [0.2, 0.25) is 0 Å². The Balaban J connectivity index is 1.47. The fourth-order valence-electron chi connectivity index (χ4n) is 5.61. The number of likely N-dealkylation sites (tertiary alicyclic amines) is 1. The molecule has 0 spiro atoms. The van der Waals surface area contributed by atoms with Crippen molar-refractivity contribution in [2.75, 3.05) is 13.2 Å². The number of ether oxygens (including phenoxy) is 1. The number of hydrogen-bond donors (Lipinski definition) is 0. The van der Waals surface area contributed by atoms with Gasteiger partial charge in [0, 0.05) is 18.0 Å². The van der Waals surface area contributed by atoms with E-state index in [0.717, 1.165) is 84.8 Å². The summed E-state index contributed by atoms with van der Waals surface area (Å²) < 4.78 is 5.70. The molecule has 1 aliphatic heterocycles. The maximum Gasteiger partial charge on any atom is 0.339 e. The zero-order valence-electron chi connectivity index (χ0n) is 21.3. The summed E-state index contributed by atoms with van der Waals surface area (Å²) in [5.41, 5.74) is 6.62. The number of hydrogen-bond acceptors (Lipinski definition) is 4. The van der Waals surface area contributed by atoms with E-state index in [4.69, 9.17) is 9.72 Å². The summed E-state index contributed by atoms with van der Waals surface area (Å²) in [7, 11) is 0. The van der Waals surface area contributed by atoms with Crippen LogP contribution in [-0.4, -0.2) is 41.0 Å². The highest BCUT2D eigenvalue weighted by Crippen LogP contribution is 2.36. The Bertz CT molecular complexity index is 1310. The Morgan fingerprint density at radius 1 is 1.06 bits per heavy atom. The lowest BCUT2D eigenvalue weighted by Crippen LogP contribution is -2.45. The quantitative estimate of drug-likeness (QED) is 0.397. The molecule has 1 fully saturated rings. The van der Waals surface area contributed by atoms with Crippen molar-refractivity contribution >= 4 is 34.4 Å². The van der Waals surface area contributed by atoms with E-state index in [-0.39, 0.29) is 18.6 Å². The smallest absolute Gasteiger partial charge is 0.339 e. The molecule has 3 aromatic rings. The fourth-order valence-corrected chi connectivity index (χ4v) is 5.61. The number of pyridine rings is 1. The van der Waals surface area contributed by atoms with Crippen molar-refractivity contribution in [3.8, 4) is 0 Å². The molecule has 0 saturated carbocycles. The summed E-state index contributed by atoms with van der Waals surface area (Å²) in [6, 6.07) is 16.4. The number of aryl methyl sites for hydroxylation is 1. The number of allylic oxidation sites excluding steroid dienone is 1. The number of amides is 1. The van der Waals surface area contributed by atoms with Gasteiger partial charge in [-0.15, -0.1) is 0 Å². The molecule has 186 valence electrons. The van der Waals surface area contributed by atoms with Gasteiger partial charge in [0.25, 0.3) is 5.91 Å². The van der Waals surface area contributed by atoms with Gasteiger partial charge in [0.05, 0.1) is 16.8 Å². The number of piperidine rings is 1. The molecule has 1 aliphatic carbocycles. The zero-order chi connectivity index (χ0) is 25.1. The van der Waals surface area contributed by atoms with Crippen LogP contribution in [0.3, 0.4) is 0 Å². The van der Waals surface area contributed by atoms with Crippen LogP contribution in [0.25, 0.3) is 22.6 Å². The summed E-state index contributed by atoms with van der Waals surface area (Å²) in [5.74, 6) is -0.526. The molecule has 0 unspecified atom stereocenters. The number of para-hydroxylation sites is 1. The number of fused-ring (bicyclic) bond motifs is 2. The van der Waals surface area contributed by atoms with Crippen LogP contribution in [0, 0.1) is 6.92 Å². The van der Waals surface area contributed by atoms with Gasteiger partial charge in [-0.05, 0) is 80.7 Å². The van der Waals surface area contributed by atoms with Crippen molar-refractivity contribution in [1.82, 2.24) is 9.88 Å². The Labute approximate surface area is 213 Å². The minimum Gasteiger partial charge on any atom is -0.452 e. The molecule has 1 saturated heterocycles. The van der Waals surface area contributed by atoms with Gasteiger partial charge in [-0.2, -0.15) is 0 Å². The molecular formula is C31H34N2O3. The first-order valence-electron chi connectivity index (χ1n) is 13.2. The van der Waals surface area contributed by atoms with Crippen molar-refractivity contribution in [2.45, 2.75) is 64.8 Å². The lowest BCUT2D eigenvalue weighted by Gasteiger charge is -2.35. The first kappa shape index (κ1) is 24.2. The minimum absolute atomic E-state index is 0.0953. The first-order valence-corrected chi connectivity index (χ1v) is 13.2. The van der Waals surface area contributed by atoms with E-state index in [0.29, 0.717) is 5.56 Å². The van der Waals surface area contributed by atoms with Crippen molar-refractivity contribution in [1.29, 1.82) is 0 Å². The van der Waals surface area contributed by atoms with E-state index < -0.39 is 5.97 Å². The highest BCUT2D eigenvalue weighted by Gasteiger charge is 2.29. The summed E-state index contributed by atoms with van der Waals surface area (Å²) in [5, 5.41) is 0.787. The zero-order valence-corrected chi connectivity index (χ0v) is 21.3. The molecule has 1 atom stereocenters. The van der Waals surface area contributed by atoms with Crippen molar-refractivity contribution in [3.63, 3.8) is 0 Å². The maximum atomic E-state index is 13.5. The molecule has 0 N–H and O–H groups in total. The van der Waals surface area contributed by atoms with Crippen LogP contribution < -0.4 is 0 Å². The Morgan fingerprint density at radius 3 is 2.67 bits per heavy atom. The standard InChI is InChI=1S/C31H34N2O3/c1-3-24-10-6-7-18-33(24)28(34)20-36-31(35)29-25-11-4-5-13-27(25)32-30-23(9-8-12-26(29)30)19-22-16-14-21(2)15-17-22/h4-5,11,13-17,19,24H,3,6-10,12,18,20H2,1-2H3/b23-19-/t24-/m0/s1. The van der Waals surface area contributed by atoms with Crippen molar-refractivity contribution in [2.24, 2.45) is 0 Å². The third-order valence-corrected chi connectivity index (χ3v) is 7.54. The van der Waals surface area contributed by atoms with Crippen LogP contribution in [-0.2, 0) is 16.0 Å². The lowest BCUT2D eigenvalue weighted by molar-refractivity contribution is -0.138. The molecule has 5 rings (SSSR count). The average molecular weight is 483 g/mol. The number of carbonyl (C=O) groups is 2. The number of carbonyl (C=O) groups excluding carboxylic acids is 2. The van der Waals surface area contributed by atoms with E-state index in [2.05, 4.69) is 44.2 Å². The number of aromatic nitrogens is 1. The fraction of sp³-hybridized carbons (Fsp3) is 0.387. The van der Waals surface area contributed by atoms with Gasteiger partial charge in [0.1, 0.15) is 0 Å². The Morgan fingerprint density at radius 2 is 1.86 bits per heavy atom. The predicted octanol–water partition coefficient (Wildman–Crippen LogP) is 6.37. The second-order valence-corrected chi connectivity index (χ2v) is 9.99. The third-order valence-electron chi connectivity index (χ3n) is 7.54. The molecule has 36 heavy (non-hydrogen) atoms. The van der Waals surface area contributed by atoms with Gasteiger partial charge in [-0.25, -0.2) is 9.78 Å². The third kappa shape index (κ3) is 4.92. The largest absolute Gasteiger partial charge is 0.452 e. The summed E-state index contributed by atoms with van der Waals surface area (Å²) in [6.45, 7) is 4.72.